The second kappa shape index (κ2) is 37.6. The molecule has 0 atom stereocenters. The van der Waals surface area contributed by atoms with Crippen molar-refractivity contribution in [3.05, 3.63) is 439 Å². The smallest absolute Gasteiger partial charge is 0.405 e. The van der Waals surface area contributed by atoms with E-state index in [4.69, 9.17) is 39.4 Å². The summed E-state index contributed by atoms with van der Waals surface area (Å²) in [5.74, 6) is -7.48. The zero-order valence-corrected chi connectivity index (χ0v) is 73.7. The Morgan fingerprint density at radius 2 is 0.449 bits per heavy atom. The van der Waals surface area contributed by atoms with E-state index in [0.29, 0.717) is 62.7 Å². The topological polar surface area (TPSA) is 197 Å². The van der Waals surface area contributed by atoms with Gasteiger partial charge in [0.25, 0.3) is 34.2 Å². The molecule has 0 bridgehead atoms. The lowest BCUT2D eigenvalue weighted by molar-refractivity contribution is -0.287. The van der Waals surface area contributed by atoms with E-state index in [1.54, 1.807) is 48.5 Å². The van der Waals surface area contributed by atoms with Gasteiger partial charge in [-0.25, -0.2) is 78.2 Å². The number of rotatable bonds is 9. The van der Waals surface area contributed by atoms with Gasteiger partial charge in [-0.05, 0) is 253 Å². The second-order valence-corrected chi connectivity index (χ2v) is 32.1. The summed E-state index contributed by atoms with van der Waals surface area (Å²) in [4.78, 5) is 20.4. The van der Waals surface area contributed by atoms with Gasteiger partial charge < -0.3 is 14.2 Å². The van der Waals surface area contributed by atoms with Crippen LogP contribution in [0.4, 0.5) is 96.6 Å². The highest BCUT2D eigenvalue weighted by atomic mass is 19.4. The van der Waals surface area contributed by atoms with Crippen molar-refractivity contribution in [2.45, 2.75) is 51.5 Å². The molecule has 0 aliphatic heterocycles. The Morgan fingerprint density at radius 3 is 0.707 bits per heavy atom. The largest absolute Gasteiger partial charge is 0.573 e. The second-order valence-electron chi connectivity index (χ2n) is 32.1. The maximum absolute atomic E-state index is 14.4. The van der Waals surface area contributed by atoms with Gasteiger partial charge in [-0.15, -0.1) is 39.5 Å². The highest BCUT2D eigenvalue weighted by Crippen LogP contribution is 2.68. The van der Waals surface area contributed by atoms with E-state index in [9.17, 15) is 128 Å². The Morgan fingerprint density at radius 1 is 0.231 bits per heavy atom. The van der Waals surface area contributed by atoms with E-state index in [0.717, 1.165) is 48.5 Å². The molecule has 0 unspecified atom stereocenters. The number of hydrogen-bond acceptors (Lipinski definition) is 9. The molecule has 714 valence electrons. The predicted octanol–water partition coefficient (Wildman–Crippen LogP) is 31.7. The van der Waals surface area contributed by atoms with E-state index in [2.05, 4.69) is 43.3 Å². The van der Waals surface area contributed by atoms with Crippen LogP contribution in [0, 0.1) is 145 Å². The lowest BCUT2D eigenvalue weighted by atomic mass is 9.85. The minimum absolute atomic E-state index is 0.0126. The van der Waals surface area contributed by atoms with Crippen LogP contribution >= 0.6 is 0 Å². The number of ether oxygens (including phenoxy) is 3. The molecule has 6 aliphatic rings. The van der Waals surface area contributed by atoms with Crippen LogP contribution in [0.3, 0.4) is 0 Å². The monoisotopic (exact) mass is 2000 g/mol. The molecule has 0 fully saturated rings. The fourth-order valence-corrected chi connectivity index (χ4v) is 18.7. The zero-order chi connectivity index (χ0) is 106. The third kappa shape index (κ3) is 17.7. The number of alkyl halides is 18. The summed E-state index contributed by atoms with van der Waals surface area (Å²) in [6.07, 6.45) is -31.4. The summed E-state index contributed by atoms with van der Waals surface area (Å²) in [5.41, 5.74) is -2.12. The van der Waals surface area contributed by atoms with Crippen molar-refractivity contribution >= 4 is 66.9 Å². The van der Waals surface area contributed by atoms with Crippen molar-refractivity contribution in [3.8, 4) is 120 Å². The van der Waals surface area contributed by atoms with Crippen LogP contribution in [0.25, 0.3) is 163 Å². The molecule has 0 amide bonds. The number of hydrogen-bond donors (Lipinski definition) is 0. The molecule has 147 heavy (non-hydrogen) atoms. The molecule has 15 nitrogen and oxygen atoms in total. The number of fused-ring (bicyclic) bond motifs is 12. The summed E-state index contributed by atoms with van der Waals surface area (Å²) in [5, 5.41) is 60.5. The molecule has 0 spiro atoms. The fraction of sp³-hybridized carbons (Fsp3) is 0.0727. The van der Waals surface area contributed by atoms with Crippen LogP contribution in [-0.4, -0.2) is 19.1 Å². The first kappa shape index (κ1) is 100. The van der Waals surface area contributed by atoms with Crippen LogP contribution in [0.1, 0.15) is 94.6 Å². The van der Waals surface area contributed by atoms with Gasteiger partial charge in [-0.2, -0.15) is 39.5 Å². The Balaban J connectivity index is 0.000000159. The zero-order valence-electron chi connectivity index (χ0n) is 73.7. The number of aryl methyl sites for hydroxylation is 2. The lowest BCUT2D eigenvalue weighted by Gasteiger charge is -2.20. The number of nitrogens with zero attached hydrogens (tertiary/aromatic N) is 12. The predicted molar refractivity (Wildman–Crippen MR) is 491 cm³/mol. The van der Waals surface area contributed by atoms with E-state index in [-0.39, 0.29) is 184 Å². The number of benzene rings is 12. The van der Waals surface area contributed by atoms with Crippen LogP contribution in [-0.2, 0) is 18.5 Å². The molecule has 18 rings (SSSR count). The van der Waals surface area contributed by atoms with Crippen molar-refractivity contribution in [2.24, 2.45) is 0 Å². The molecule has 0 radical (unpaired) electrons. The van der Waals surface area contributed by atoms with E-state index >= 15 is 0 Å². The quantitative estimate of drug-likeness (QED) is 0.0767. The Hall–Kier alpha value is -20.0. The van der Waals surface area contributed by atoms with Crippen LogP contribution in [0.2, 0.25) is 0 Å². The molecular weight excluding hydrogens is 1960 g/mol. The van der Waals surface area contributed by atoms with E-state index < -0.39 is 118 Å². The molecule has 0 saturated carbocycles. The molecule has 37 heteroatoms. The Labute approximate surface area is 816 Å². The highest BCUT2D eigenvalue weighted by Gasteiger charge is 2.50. The Bertz CT molecular complexity index is 8570. The summed E-state index contributed by atoms with van der Waals surface area (Å²) < 4.78 is 313. The Kier molecular flexibility index (Phi) is 25.6. The first-order valence-electron chi connectivity index (χ1n) is 41.8. The molecule has 0 aromatic heterocycles. The summed E-state index contributed by atoms with van der Waals surface area (Å²) in [6, 6.07) is 56.2. The highest BCUT2D eigenvalue weighted by molar-refractivity contribution is 6.42. The minimum atomic E-state index is -5.46. The summed E-state index contributed by atoms with van der Waals surface area (Å²) in [6.45, 7) is 49.5. The first-order valence-corrected chi connectivity index (χ1v) is 41.8. The summed E-state index contributed by atoms with van der Waals surface area (Å²) in [7, 11) is 0. The maximum Gasteiger partial charge on any atom is 0.573 e. The number of nitriles is 6. The van der Waals surface area contributed by atoms with E-state index in [1.165, 1.54) is 123 Å². The van der Waals surface area contributed by atoms with Gasteiger partial charge in [0.2, 0.25) is 0 Å². The molecule has 6 aliphatic carbocycles. The van der Waals surface area contributed by atoms with Gasteiger partial charge in [0.05, 0.1) is 92.5 Å². The van der Waals surface area contributed by atoms with Gasteiger partial charge in [0.15, 0.2) is 34.8 Å². The maximum atomic E-state index is 14.4. The fourth-order valence-electron chi connectivity index (χ4n) is 18.7. The average Bonchev–Trinajstić information content (AvgIpc) is 1.53. The van der Waals surface area contributed by atoms with Gasteiger partial charge in [-0.1, -0.05) is 158 Å². The van der Waals surface area contributed by atoms with Gasteiger partial charge in [-0.3, -0.25) is 0 Å². The van der Waals surface area contributed by atoms with Crippen molar-refractivity contribution < 1.29 is 111 Å². The standard InChI is InChI=1S/C38H15F9N4O3.C38H15F9N4.C34H12F4N4/c1-18-10-11-19(14-28(18)53-37(42,43)44)21-6-4-8-23-30(21)34-33(26(17-49)51-3)24-9-5-7-22(31(24)35(34)32(23)25(16-48)50-2)20-12-13-27(52-36(39,40)41)29(15-20)54-38(45,46)47;1-18-10-11-19(14-26(18)37(42,43)44)21-6-4-8-23-30(21)34-33(29(17-49)51-3)24-9-5-7-22(31(24)35(34)32(23)28(16-48)50-2)20-12-13-25(36(39,40)41)27(15-20)38(45,46)47;1-41-27(15-39)31-21-7-3-5-19(17-9-11-23(35)25(37)13-17)29(21)34-32(28(16-40)42-2)22-8-4-6-20(30(22)33(31)34)18-10-12-24(36)26(38)14-18/h4-15H,1H3;4-15H,1H3;3-14H/b32-25-,33-26+;32-28-,33-29+;31-27-,32-28+. The molecule has 12 aromatic rings. The molecular formula is C110H42F22N12O3. The van der Waals surface area contributed by atoms with Crippen molar-refractivity contribution in [1.82, 2.24) is 0 Å². The minimum Gasteiger partial charge on any atom is -0.405 e. The molecule has 0 N–H and O–H groups in total. The van der Waals surface area contributed by atoms with Crippen molar-refractivity contribution in [1.29, 1.82) is 31.6 Å². The normalized spacial score (nSPS) is 15.3. The average molecular weight is 2000 g/mol. The van der Waals surface area contributed by atoms with Gasteiger partial charge >= 0.3 is 37.6 Å². The third-order valence-corrected chi connectivity index (χ3v) is 24.2. The van der Waals surface area contributed by atoms with Crippen LogP contribution in [0.5, 0.6) is 17.2 Å². The molecule has 12 aromatic carbocycles. The SMILES string of the molecule is [C-]#[N+]/C(C#N)=C1C2=C(/C(=C(\C#N)[N+]#[C-])c3cccc(-c4ccc(C(F)(F)F)c(C(F)(F)F)c4)c32)c2c\1cccc2-c1ccc(C)c(C(F)(F)F)c1.[C-]#[N+]/C(C#N)=C1C2=C(/C(=C(\C#N)[N+]#[C-])c3cccc(-c4ccc(OC(F)(F)F)c(OC(F)(F)F)c4)c32)c2c\1cccc2-c1ccc(C)c(OC(F)(F)F)c1.[C-]#[N+]\C(C#N)=C1/C2=C(\C(=C(/C#N)[N+]#[C-])c3cccc(-c4ccc(F)c(F)c4)c32)c2c1cccc2-c1ccc(F)c(F)c1. The van der Waals surface area contributed by atoms with Gasteiger partial charge in [0.1, 0.15) is 5.75 Å². The first-order chi connectivity index (χ1) is 69.7. The van der Waals surface area contributed by atoms with Crippen molar-refractivity contribution in [2.75, 3.05) is 0 Å². The van der Waals surface area contributed by atoms with Crippen molar-refractivity contribution in [3.63, 3.8) is 0 Å². The van der Waals surface area contributed by atoms with E-state index in [1.807, 2.05) is 24.3 Å². The van der Waals surface area contributed by atoms with Crippen LogP contribution < -0.4 is 14.2 Å². The number of allylic oxidation sites excluding steroid dienone is 18. The molecule has 0 heterocycles. The lowest BCUT2D eigenvalue weighted by Crippen LogP contribution is -2.21. The van der Waals surface area contributed by atoms with Crippen LogP contribution in [0.15, 0.2) is 253 Å². The molecule has 0 saturated heterocycles. The van der Waals surface area contributed by atoms with Gasteiger partial charge in [0, 0.05) is 33.4 Å². The summed E-state index contributed by atoms with van der Waals surface area (Å²) >= 11 is 0. The third-order valence-electron chi connectivity index (χ3n) is 24.2. The number of halogens is 22.